The molecule has 1 aliphatic rings. The Morgan fingerprint density at radius 1 is 1.29 bits per heavy atom. The van der Waals surface area contributed by atoms with Crippen LogP contribution in [0.25, 0.3) is 0 Å². The Balaban J connectivity index is 1.90. The molecule has 31 heavy (non-hydrogen) atoms. The molecule has 1 heterocycles. The fourth-order valence-electron chi connectivity index (χ4n) is 3.26. The summed E-state index contributed by atoms with van der Waals surface area (Å²) in [6.45, 7) is -12.4. The third-order valence-corrected chi connectivity index (χ3v) is 4.94. The second kappa shape index (κ2) is 11.1. The fourth-order valence-corrected chi connectivity index (χ4v) is 3.26. The number of piperidine rings is 1. The van der Waals surface area contributed by atoms with Crippen LogP contribution in [0.2, 0.25) is 0 Å². The van der Waals surface area contributed by atoms with Crippen LogP contribution in [-0.2, 0) is 13.0 Å². The topological polar surface area (TPSA) is 44.8 Å². The molecule has 1 aliphatic heterocycles. The lowest BCUT2D eigenvalue weighted by atomic mass is 10.0. The molecule has 5 nitrogen and oxygen atoms in total. The van der Waals surface area contributed by atoms with Crippen molar-refractivity contribution in [2.24, 2.45) is 5.89 Å². The molecular weight excluding hydrogens is 393 g/mol. The van der Waals surface area contributed by atoms with Crippen molar-refractivity contribution in [3.8, 4) is 5.75 Å². The lowest BCUT2D eigenvalue weighted by molar-refractivity contribution is 0.127. The van der Waals surface area contributed by atoms with E-state index < -0.39 is 67.9 Å². The van der Waals surface area contributed by atoms with Crippen LogP contribution in [0.15, 0.2) is 48.5 Å². The van der Waals surface area contributed by atoms with Gasteiger partial charge in [0.15, 0.2) is 0 Å². The summed E-state index contributed by atoms with van der Waals surface area (Å²) in [7, 11) is 1.93. The molecule has 0 atom stereocenters. The summed E-state index contributed by atoms with van der Waals surface area (Å²) in [6, 6.07) is 4.37. The number of carbonyl (C=O) groups is 1. The van der Waals surface area contributed by atoms with Gasteiger partial charge in [-0.2, -0.15) is 0 Å². The number of hydrogen-bond acceptors (Lipinski definition) is 3. The van der Waals surface area contributed by atoms with Crippen LogP contribution in [0.3, 0.4) is 0 Å². The summed E-state index contributed by atoms with van der Waals surface area (Å²) in [5, 5.41) is 2.25. The van der Waals surface area contributed by atoms with Gasteiger partial charge in [0.2, 0.25) is 0 Å². The fraction of sp³-hybridized carbons (Fsp3) is 0.480. The van der Waals surface area contributed by atoms with Crippen molar-refractivity contribution in [3.05, 3.63) is 65.4 Å². The minimum absolute atomic E-state index is 0.0394. The van der Waals surface area contributed by atoms with E-state index in [0.717, 1.165) is 12.1 Å². The van der Waals surface area contributed by atoms with Crippen LogP contribution in [0.5, 0.6) is 5.75 Å². The first-order valence-corrected chi connectivity index (χ1v) is 9.83. The molecule has 3 rings (SSSR count). The van der Waals surface area contributed by atoms with Gasteiger partial charge in [-0.25, -0.2) is 9.18 Å². The minimum atomic E-state index is -3.79. The third-order valence-electron chi connectivity index (χ3n) is 4.94. The molecule has 2 amide bonds. The quantitative estimate of drug-likeness (QED) is 0.649. The Labute approximate surface area is 203 Å². The standard InChI is InChI=1S/C25H34FN3O2/c1-19(2)18-31-24-10-6-20(7-11-24)16-27-25(30)29(23-12-14-28(3)15-13-23)17-21-4-8-22(26)9-5-21/h4-11,19,23H,12-18H2,1-3H3,(H,27,30)/i1D3,2D3,6D,10D,16D2,18D2,19D. The van der Waals surface area contributed by atoms with Gasteiger partial charge < -0.3 is 19.9 Å². The first-order chi connectivity index (χ1) is 20.0. The van der Waals surface area contributed by atoms with Gasteiger partial charge >= 0.3 is 6.03 Å². The molecule has 6 heteroatoms. The van der Waals surface area contributed by atoms with E-state index in [2.05, 4.69) is 10.2 Å². The number of benzene rings is 2. The van der Waals surface area contributed by atoms with Crippen molar-refractivity contribution in [1.82, 2.24) is 15.1 Å². The number of carbonyl (C=O) groups excluding carboxylic acids is 1. The molecule has 2 aromatic rings. The summed E-state index contributed by atoms with van der Waals surface area (Å²) in [5.74, 6) is -5.05. The lowest BCUT2D eigenvalue weighted by Gasteiger charge is -2.37. The molecule has 1 fully saturated rings. The van der Waals surface area contributed by atoms with E-state index in [-0.39, 0.29) is 12.6 Å². The molecule has 0 bridgehead atoms. The molecule has 1 N–H and O–H groups in total. The molecule has 0 aromatic heterocycles. The average Bonchev–Trinajstić information content (AvgIpc) is 2.89. The minimum Gasteiger partial charge on any atom is -0.493 e. The Kier molecular flexibility index (Phi) is 4.07. The second-order valence-electron chi connectivity index (χ2n) is 7.28. The first-order valence-electron chi connectivity index (χ1n) is 16.3. The van der Waals surface area contributed by atoms with Gasteiger partial charge in [0, 0.05) is 28.7 Å². The number of urea groups is 1. The molecule has 0 aliphatic carbocycles. The monoisotopic (exact) mass is 440 g/mol. The van der Waals surface area contributed by atoms with E-state index >= 15 is 0 Å². The molecule has 0 saturated carbocycles. The Bertz CT molecular complexity index is 1310. The van der Waals surface area contributed by atoms with Crippen molar-refractivity contribution < 1.29 is 31.7 Å². The van der Waals surface area contributed by atoms with Gasteiger partial charge in [0.25, 0.3) is 0 Å². The highest BCUT2D eigenvalue weighted by Crippen LogP contribution is 2.19. The lowest BCUT2D eigenvalue weighted by Crippen LogP contribution is -2.49. The van der Waals surface area contributed by atoms with Gasteiger partial charge in [-0.15, -0.1) is 0 Å². The first kappa shape index (κ1) is 11.3. The highest BCUT2D eigenvalue weighted by molar-refractivity contribution is 5.74. The van der Waals surface area contributed by atoms with Gasteiger partial charge in [0.1, 0.15) is 11.6 Å². The molecule has 2 aromatic carbocycles. The molecule has 0 radical (unpaired) electrons. The van der Waals surface area contributed by atoms with E-state index in [1.807, 2.05) is 7.05 Å². The van der Waals surface area contributed by atoms with Crippen LogP contribution < -0.4 is 10.1 Å². The van der Waals surface area contributed by atoms with Crippen LogP contribution in [0, 0.1) is 11.7 Å². The number of ether oxygens (including phenoxy) is 1. The Morgan fingerprint density at radius 2 is 2.00 bits per heavy atom. The smallest absolute Gasteiger partial charge is 0.318 e. The maximum atomic E-state index is 13.5. The second-order valence-corrected chi connectivity index (χ2v) is 7.28. The Morgan fingerprint density at radius 3 is 2.71 bits per heavy atom. The SMILES string of the molecule is [2H]c1c(OC([2H])([2H])C([2H])(C([2H])([2H])[2H])C([2H])([2H])[2H])ccc(C([2H])([2H])NC(=O)N(Cc2ccc(F)cc2)C2CCN(C)CC2)c1[2H]. The van der Waals surface area contributed by atoms with E-state index in [0.29, 0.717) is 31.5 Å². The molecule has 168 valence electrons. The van der Waals surface area contributed by atoms with Crippen LogP contribution >= 0.6 is 0 Å². The normalized spacial score (nSPS) is 23.4. The highest BCUT2D eigenvalue weighted by atomic mass is 19.1. The van der Waals surface area contributed by atoms with Crippen LogP contribution in [-0.4, -0.2) is 48.6 Å². The van der Waals surface area contributed by atoms with E-state index in [4.69, 9.17) is 22.6 Å². The van der Waals surface area contributed by atoms with E-state index in [9.17, 15) is 9.18 Å². The van der Waals surface area contributed by atoms with Crippen molar-refractivity contribution in [3.63, 3.8) is 0 Å². The van der Waals surface area contributed by atoms with Gasteiger partial charge in [0.05, 0.1) is 14.8 Å². The maximum Gasteiger partial charge on any atom is 0.318 e. The predicted octanol–water partition coefficient (Wildman–Crippen LogP) is 4.67. The highest BCUT2D eigenvalue weighted by Gasteiger charge is 2.27. The zero-order chi connectivity index (χ0) is 33.5. The summed E-state index contributed by atoms with van der Waals surface area (Å²) in [6.07, 6.45) is 1.18. The third kappa shape index (κ3) is 7.24. The van der Waals surface area contributed by atoms with Gasteiger partial charge in [-0.1, -0.05) is 37.9 Å². The molecular formula is C25H34FN3O2. The summed E-state index contributed by atoms with van der Waals surface area (Å²) in [4.78, 5) is 17.0. The number of rotatable bonds is 8. The summed E-state index contributed by atoms with van der Waals surface area (Å²) >= 11 is 0. The van der Waals surface area contributed by atoms with E-state index in [1.54, 1.807) is 0 Å². The number of halogens is 1. The maximum absolute atomic E-state index is 13.5. The predicted molar refractivity (Wildman–Crippen MR) is 121 cm³/mol. The largest absolute Gasteiger partial charge is 0.493 e. The summed E-state index contributed by atoms with van der Waals surface area (Å²) < 4.78 is 121. The van der Waals surface area contributed by atoms with Gasteiger partial charge in [-0.05, 0) is 74.2 Å². The van der Waals surface area contributed by atoms with Crippen molar-refractivity contribution >= 4 is 6.03 Å². The van der Waals surface area contributed by atoms with Crippen molar-refractivity contribution in [2.75, 3.05) is 26.7 Å². The van der Waals surface area contributed by atoms with E-state index in [1.165, 1.54) is 29.2 Å². The number of likely N-dealkylation sites (tertiary alicyclic amines) is 1. The van der Waals surface area contributed by atoms with Crippen LogP contribution in [0.1, 0.15) is 55.5 Å². The zero-order valence-corrected chi connectivity index (χ0v) is 17.2. The van der Waals surface area contributed by atoms with Crippen molar-refractivity contribution in [2.45, 2.75) is 45.6 Å². The number of amides is 2. The van der Waals surface area contributed by atoms with Gasteiger partial charge in [-0.3, -0.25) is 0 Å². The molecule has 0 spiro atoms. The number of nitrogens with one attached hydrogen (secondary N) is 1. The number of hydrogen-bond donors (Lipinski definition) is 1. The molecule has 1 saturated heterocycles. The Hall–Kier alpha value is -2.60. The average molecular weight is 441 g/mol. The number of nitrogens with zero attached hydrogens (tertiary/aromatic N) is 2. The zero-order valence-electron chi connectivity index (χ0n) is 30.2. The molecule has 0 unspecified atom stereocenters. The van der Waals surface area contributed by atoms with Crippen LogP contribution in [0.4, 0.5) is 9.18 Å². The summed E-state index contributed by atoms with van der Waals surface area (Å²) in [5.41, 5.74) is 0.0867. The van der Waals surface area contributed by atoms with Crippen molar-refractivity contribution in [1.29, 1.82) is 0 Å².